The molecule has 0 N–H and O–H groups in total. The summed E-state index contributed by atoms with van der Waals surface area (Å²) in [5, 5.41) is 9.18. The van der Waals surface area contributed by atoms with Crippen LogP contribution in [0, 0.1) is 11.3 Å². The lowest BCUT2D eigenvalue weighted by Crippen LogP contribution is -2.29. The number of anilines is 1. The lowest BCUT2D eigenvalue weighted by Gasteiger charge is -2.28. The second kappa shape index (κ2) is 5.79. The molecule has 1 aliphatic rings. The Morgan fingerprint density at radius 3 is 2.25 bits per heavy atom. The summed E-state index contributed by atoms with van der Waals surface area (Å²) in [6.07, 6.45) is 3.93. The van der Waals surface area contributed by atoms with Crippen molar-refractivity contribution in [2.45, 2.75) is 19.3 Å². The van der Waals surface area contributed by atoms with Gasteiger partial charge in [0.15, 0.2) is 0 Å². The van der Waals surface area contributed by atoms with E-state index in [4.69, 9.17) is 0 Å². The molecule has 0 unspecified atom stereocenters. The standard InChI is InChI=1S/C18H18N2/c19-14-16-6-2-3-7-18(16)15-8-10-17(11-9-15)20-12-4-1-5-13-20/h2-3,6-11H,1,4-5,12-13H2. The largest absolute Gasteiger partial charge is 0.372 e. The molecule has 0 radical (unpaired) electrons. The Hall–Kier alpha value is -2.27. The highest BCUT2D eigenvalue weighted by Gasteiger charge is 2.11. The van der Waals surface area contributed by atoms with Gasteiger partial charge in [-0.2, -0.15) is 5.26 Å². The molecule has 1 heterocycles. The van der Waals surface area contributed by atoms with Crippen molar-refractivity contribution in [3.8, 4) is 17.2 Å². The molecule has 2 aromatic rings. The molecule has 2 heteroatoms. The summed E-state index contributed by atoms with van der Waals surface area (Å²) in [4.78, 5) is 2.45. The number of benzene rings is 2. The summed E-state index contributed by atoms with van der Waals surface area (Å²) in [6.45, 7) is 2.32. The van der Waals surface area contributed by atoms with E-state index in [9.17, 15) is 5.26 Å². The topological polar surface area (TPSA) is 27.0 Å². The third-order valence-electron chi connectivity index (χ3n) is 3.95. The zero-order chi connectivity index (χ0) is 13.8. The van der Waals surface area contributed by atoms with Crippen LogP contribution in [0.1, 0.15) is 24.8 Å². The second-order valence-corrected chi connectivity index (χ2v) is 5.25. The highest BCUT2D eigenvalue weighted by molar-refractivity contribution is 5.72. The van der Waals surface area contributed by atoms with E-state index >= 15 is 0 Å². The third-order valence-corrected chi connectivity index (χ3v) is 3.95. The zero-order valence-corrected chi connectivity index (χ0v) is 11.5. The lowest BCUT2D eigenvalue weighted by molar-refractivity contribution is 0.578. The van der Waals surface area contributed by atoms with Crippen LogP contribution in [0.25, 0.3) is 11.1 Å². The first-order chi connectivity index (χ1) is 9.88. The minimum atomic E-state index is 0.734. The Bertz CT molecular complexity index is 617. The molecule has 0 atom stereocenters. The Labute approximate surface area is 120 Å². The van der Waals surface area contributed by atoms with Gasteiger partial charge in [-0.25, -0.2) is 0 Å². The summed E-state index contributed by atoms with van der Waals surface area (Å²) in [7, 11) is 0. The highest BCUT2D eigenvalue weighted by atomic mass is 15.1. The van der Waals surface area contributed by atoms with Gasteiger partial charge in [0.05, 0.1) is 11.6 Å². The maximum Gasteiger partial charge on any atom is 0.0998 e. The molecule has 1 aliphatic heterocycles. The number of rotatable bonds is 2. The molecular weight excluding hydrogens is 244 g/mol. The molecular formula is C18H18N2. The van der Waals surface area contributed by atoms with Crippen LogP contribution in [0.3, 0.4) is 0 Å². The first kappa shape index (κ1) is 12.7. The fourth-order valence-corrected chi connectivity index (χ4v) is 2.84. The van der Waals surface area contributed by atoms with Gasteiger partial charge in [-0.05, 0) is 48.6 Å². The fraction of sp³-hybridized carbons (Fsp3) is 0.278. The van der Waals surface area contributed by atoms with E-state index < -0.39 is 0 Å². The molecule has 0 aromatic heterocycles. The number of piperidine rings is 1. The normalized spacial score (nSPS) is 14.8. The smallest absolute Gasteiger partial charge is 0.0998 e. The number of nitrogens with zero attached hydrogens (tertiary/aromatic N) is 2. The van der Waals surface area contributed by atoms with Gasteiger partial charge in [0.1, 0.15) is 0 Å². The second-order valence-electron chi connectivity index (χ2n) is 5.25. The van der Waals surface area contributed by atoms with Gasteiger partial charge in [0, 0.05) is 18.8 Å². The van der Waals surface area contributed by atoms with E-state index in [-0.39, 0.29) is 0 Å². The predicted octanol–water partition coefficient (Wildman–Crippen LogP) is 4.22. The monoisotopic (exact) mass is 262 g/mol. The third kappa shape index (κ3) is 2.53. The summed E-state index contributed by atoms with van der Waals surface area (Å²) in [5.74, 6) is 0. The van der Waals surface area contributed by atoms with Crippen molar-refractivity contribution >= 4 is 5.69 Å². The summed E-state index contributed by atoms with van der Waals surface area (Å²) >= 11 is 0. The minimum absolute atomic E-state index is 0.734. The van der Waals surface area contributed by atoms with Gasteiger partial charge >= 0.3 is 0 Å². The van der Waals surface area contributed by atoms with Gasteiger partial charge < -0.3 is 4.90 Å². The maximum absolute atomic E-state index is 9.18. The van der Waals surface area contributed by atoms with Gasteiger partial charge in [0.25, 0.3) is 0 Å². The number of nitriles is 1. The van der Waals surface area contributed by atoms with Crippen LogP contribution in [0.2, 0.25) is 0 Å². The van der Waals surface area contributed by atoms with E-state index in [0.29, 0.717) is 0 Å². The summed E-state index contributed by atoms with van der Waals surface area (Å²) < 4.78 is 0. The Balaban J connectivity index is 1.87. The molecule has 100 valence electrons. The number of hydrogen-bond donors (Lipinski definition) is 0. The van der Waals surface area contributed by atoms with Crippen LogP contribution >= 0.6 is 0 Å². The first-order valence-corrected chi connectivity index (χ1v) is 7.23. The molecule has 0 saturated carbocycles. The van der Waals surface area contributed by atoms with E-state index in [1.165, 1.54) is 24.9 Å². The van der Waals surface area contributed by atoms with E-state index in [0.717, 1.165) is 29.8 Å². The summed E-state index contributed by atoms with van der Waals surface area (Å²) in [6, 6.07) is 18.6. The van der Waals surface area contributed by atoms with Crippen molar-refractivity contribution in [3.05, 3.63) is 54.1 Å². The molecule has 3 rings (SSSR count). The van der Waals surface area contributed by atoms with Crippen molar-refractivity contribution in [3.63, 3.8) is 0 Å². The molecule has 0 amide bonds. The Kier molecular flexibility index (Phi) is 3.69. The van der Waals surface area contributed by atoms with E-state index in [1.54, 1.807) is 0 Å². The highest BCUT2D eigenvalue weighted by Crippen LogP contribution is 2.27. The Morgan fingerprint density at radius 1 is 0.850 bits per heavy atom. The van der Waals surface area contributed by atoms with Crippen molar-refractivity contribution in [1.29, 1.82) is 5.26 Å². The van der Waals surface area contributed by atoms with Crippen molar-refractivity contribution < 1.29 is 0 Å². The van der Waals surface area contributed by atoms with Gasteiger partial charge in [-0.1, -0.05) is 30.3 Å². The van der Waals surface area contributed by atoms with E-state index in [1.807, 2.05) is 24.3 Å². The van der Waals surface area contributed by atoms with Gasteiger partial charge in [0.2, 0.25) is 0 Å². The van der Waals surface area contributed by atoms with Gasteiger partial charge in [-0.3, -0.25) is 0 Å². The lowest BCUT2D eigenvalue weighted by atomic mass is 10.00. The van der Waals surface area contributed by atoms with Crippen LogP contribution in [-0.4, -0.2) is 13.1 Å². The molecule has 2 aromatic carbocycles. The van der Waals surface area contributed by atoms with Crippen LogP contribution in [0.15, 0.2) is 48.5 Å². The van der Waals surface area contributed by atoms with Crippen molar-refractivity contribution in [1.82, 2.24) is 0 Å². The molecule has 0 spiro atoms. The quantitative estimate of drug-likeness (QED) is 0.810. The zero-order valence-electron chi connectivity index (χ0n) is 11.5. The van der Waals surface area contributed by atoms with Crippen LogP contribution in [0.4, 0.5) is 5.69 Å². The average molecular weight is 262 g/mol. The SMILES string of the molecule is N#Cc1ccccc1-c1ccc(N2CCCCC2)cc1. The number of hydrogen-bond acceptors (Lipinski definition) is 2. The summed E-state index contributed by atoms with van der Waals surface area (Å²) in [5.41, 5.74) is 4.16. The fourth-order valence-electron chi connectivity index (χ4n) is 2.84. The Morgan fingerprint density at radius 2 is 1.55 bits per heavy atom. The molecule has 1 fully saturated rings. The van der Waals surface area contributed by atoms with E-state index in [2.05, 4.69) is 35.2 Å². The van der Waals surface area contributed by atoms with Crippen LogP contribution in [0.5, 0.6) is 0 Å². The van der Waals surface area contributed by atoms with Crippen molar-refractivity contribution in [2.75, 3.05) is 18.0 Å². The molecule has 2 nitrogen and oxygen atoms in total. The van der Waals surface area contributed by atoms with Crippen molar-refractivity contribution in [2.24, 2.45) is 0 Å². The molecule has 0 aliphatic carbocycles. The minimum Gasteiger partial charge on any atom is -0.372 e. The van der Waals surface area contributed by atoms with Gasteiger partial charge in [-0.15, -0.1) is 0 Å². The molecule has 20 heavy (non-hydrogen) atoms. The molecule has 1 saturated heterocycles. The van der Waals surface area contributed by atoms with Crippen LogP contribution in [-0.2, 0) is 0 Å². The predicted molar refractivity (Wildman–Crippen MR) is 82.7 cm³/mol. The first-order valence-electron chi connectivity index (χ1n) is 7.23. The van der Waals surface area contributed by atoms with Crippen LogP contribution < -0.4 is 4.90 Å². The molecule has 0 bridgehead atoms. The average Bonchev–Trinajstić information content (AvgIpc) is 2.56. The maximum atomic E-state index is 9.18.